The highest BCUT2D eigenvalue weighted by molar-refractivity contribution is 5.43. The minimum Gasteiger partial charge on any atom is -0.489 e. The Balaban J connectivity index is 1.89. The van der Waals surface area contributed by atoms with E-state index >= 15 is 0 Å². The fourth-order valence-corrected chi connectivity index (χ4v) is 5.35. The molecular formula is C32H45O. The van der Waals surface area contributed by atoms with Gasteiger partial charge in [0.25, 0.3) is 0 Å². The Bertz CT molecular complexity index is 835. The molecule has 0 N–H and O–H groups in total. The Hall–Kier alpha value is -2.02. The summed E-state index contributed by atoms with van der Waals surface area (Å²) in [4.78, 5) is 0. The van der Waals surface area contributed by atoms with Gasteiger partial charge in [-0.2, -0.15) is 0 Å². The van der Waals surface area contributed by atoms with Gasteiger partial charge in [-0.3, -0.25) is 0 Å². The van der Waals surface area contributed by atoms with Gasteiger partial charge in [0.15, 0.2) is 0 Å². The summed E-state index contributed by atoms with van der Waals surface area (Å²) in [5.74, 6) is 2.25. The van der Waals surface area contributed by atoms with Crippen LogP contribution in [0.1, 0.15) is 108 Å². The average Bonchev–Trinajstić information content (AvgIpc) is 3.07. The highest BCUT2D eigenvalue weighted by Crippen LogP contribution is 2.43. The van der Waals surface area contributed by atoms with Gasteiger partial charge in [0, 0.05) is 0 Å². The molecular weight excluding hydrogens is 400 g/mol. The summed E-state index contributed by atoms with van der Waals surface area (Å²) in [6.07, 6.45) is 17.1. The largest absolute Gasteiger partial charge is 0.489 e. The van der Waals surface area contributed by atoms with Gasteiger partial charge in [0.2, 0.25) is 0 Å². The second-order valence-corrected chi connectivity index (χ2v) is 10.6. The second-order valence-electron chi connectivity index (χ2n) is 10.6. The van der Waals surface area contributed by atoms with E-state index in [0.717, 1.165) is 18.6 Å². The maximum atomic E-state index is 6.58. The molecule has 0 saturated heterocycles. The van der Waals surface area contributed by atoms with Gasteiger partial charge in [0.1, 0.15) is 12.4 Å². The molecule has 1 aliphatic rings. The highest BCUT2D eigenvalue weighted by Gasteiger charge is 2.29. The van der Waals surface area contributed by atoms with Crippen LogP contribution < -0.4 is 4.74 Å². The zero-order chi connectivity index (χ0) is 23.5. The van der Waals surface area contributed by atoms with Crippen molar-refractivity contribution in [1.82, 2.24) is 0 Å². The molecule has 0 aromatic heterocycles. The first kappa shape index (κ1) is 25.6. The number of rotatable bonds is 12. The summed E-state index contributed by atoms with van der Waals surface area (Å²) in [6, 6.07) is 17.7. The van der Waals surface area contributed by atoms with E-state index in [1.165, 1.54) is 68.1 Å². The van der Waals surface area contributed by atoms with E-state index in [1.54, 1.807) is 0 Å². The fourth-order valence-electron chi connectivity index (χ4n) is 5.35. The standard InChI is InChI=1S/C32H45O/c1-5-7-8-15-23-32(3,4)28-21-22-30(29-20-14-10-13-19-27(29)16-6-2)31(24-28)33-25-26-17-11-9-12-18-26/h6,9,11-12,14,17-18,21-22,24,27,29H,2,5,7-8,10,13,15-16,19-20,23,25H2,1,3-4H3/t27-,29+/m1/s1. The quantitative estimate of drug-likeness (QED) is 0.179. The molecule has 33 heavy (non-hydrogen) atoms. The SMILES string of the molecule is C=CC[C@@H]1CCC[CH]C[C@@H]1c1ccc(C(C)(C)CCCCCC)cc1OCc1ccccc1. The smallest absolute Gasteiger partial charge is 0.123 e. The first-order valence-corrected chi connectivity index (χ1v) is 13.3. The lowest BCUT2D eigenvalue weighted by atomic mass is 9.76. The predicted octanol–water partition coefficient (Wildman–Crippen LogP) is 9.57. The Labute approximate surface area is 203 Å². The lowest BCUT2D eigenvalue weighted by molar-refractivity contribution is 0.293. The summed E-state index contributed by atoms with van der Waals surface area (Å²) in [6.45, 7) is 11.8. The molecule has 0 amide bonds. The van der Waals surface area contributed by atoms with Crippen molar-refractivity contribution in [2.75, 3.05) is 0 Å². The maximum absolute atomic E-state index is 6.58. The van der Waals surface area contributed by atoms with E-state index in [-0.39, 0.29) is 5.41 Å². The number of unbranched alkanes of at least 4 members (excludes halogenated alkanes) is 3. The summed E-state index contributed by atoms with van der Waals surface area (Å²) < 4.78 is 6.58. The van der Waals surface area contributed by atoms with Crippen LogP contribution in [0, 0.1) is 12.3 Å². The monoisotopic (exact) mass is 445 g/mol. The molecule has 1 heteroatoms. The van der Waals surface area contributed by atoms with Gasteiger partial charge in [-0.25, -0.2) is 0 Å². The van der Waals surface area contributed by atoms with Crippen LogP contribution in [-0.4, -0.2) is 0 Å². The number of allylic oxidation sites excluding steroid dienone is 1. The van der Waals surface area contributed by atoms with Crippen LogP contribution in [-0.2, 0) is 12.0 Å². The third kappa shape index (κ3) is 7.49. The van der Waals surface area contributed by atoms with Gasteiger partial charge in [-0.05, 0) is 72.1 Å². The Morgan fingerprint density at radius 1 is 1.06 bits per heavy atom. The van der Waals surface area contributed by atoms with Crippen molar-refractivity contribution in [1.29, 1.82) is 0 Å². The Morgan fingerprint density at radius 3 is 2.64 bits per heavy atom. The van der Waals surface area contributed by atoms with Gasteiger partial charge < -0.3 is 4.74 Å². The zero-order valence-corrected chi connectivity index (χ0v) is 21.3. The number of hydrogen-bond donors (Lipinski definition) is 0. The van der Waals surface area contributed by atoms with Crippen molar-refractivity contribution in [3.63, 3.8) is 0 Å². The van der Waals surface area contributed by atoms with Crippen LogP contribution in [0.5, 0.6) is 5.75 Å². The van der Waals surface area contributed by atoms with Gasteiger partial charge in [0.05, 0.1) is 0 Å². The van der Waals surface area contributed by atoms with E-state index in [0.29, 0.717) is 18.4 Å². The fraction of sp³-hybridized carbons (Fsp3) is 0.531. The van der Waals surface area contributed by atoms with Crippen molar-refractivity contribution >= 4 is 0 Å². The Kier molecular flexibility index (Phi) is 10.1. The molecule has 1 nitrogen and oxygen atoms in total. The normalized spacial score (nSPS) is 19.1. The zero-order valence-electron chi connectivity index (χ0n) is 21.3. The molecule has 1 saturated carbocycles. The van der Waals surface area contributed by atoms with Crippen molar-refractivity contribution in [3.8, 4) is 5.75 Å². The van der Waals surface area contributed by atoms with Gasteiger partial charge in [-0.1, -0.05) is 108 Å². The number of hydrogen-bond acceptors (Lipinski definition) is 1. The molecule has 2 aromatic carbocycles. The van der Waals surface area contributed by atoms with E-state index in [1.807, 2.05) is 0 Å². The average molecular weight is 446 g/mol. The van der Waals surface area contributed by atoms with Crippen molar-refractivity contribution in [2.24, 2.45) is 5.92 Å². The van der Waals surface area contributed by atoms with Crippen LogP contribution in [0.3, 0.4) is 0 Å². The third-order valence-corrected chi connectivity index (χ3v) is 7.53. The minimum absolute atomic E-state index is 0.160. The second kappa shape index (κ2) is 13.0. The van der Waals surface area contributed by atoms with Crippen LogP contribution in [0.2, 0.25) is 0 Å². The number of ether oxygens (including phenoxy) is 1. The molecule has 0 aliphatic heterocycles. The van der Waals surface area contributed by atoms with Gasteiger partial charge in [-0.15, -0.1) is 6.58 Å². The molecule has 3 rings (SSSR count). The molecule has 0 heterocycles. The highest BCUT2D eigenvalue weighted by atomic mass is 16.5. The Morgan fingerprint density at radius 2 is 1.88 bits per heavy atom. The molecule has 2 aromatic rings. The van der Waals surface area contributed by atoms with E-state index < -0.39 is 0 Å². The maximum Gasteiger partial charge on any atom is 0.123 e. The number of benzene rings is 2. The first-order valence-electron chi connectivity index (χ1n) is 13.3. The van der Waals surface area contributed by atoms with Crippen LogP contribution >= 0.6 is 0 Å². The summed E-state index contributed by atoms with van der Waals surface area (Å²) in [5.41, 5.74) is 4.18. The molecule has 0 bridgehead atoms. The van der Waals surface area contributed by atoms with Crippen LogP contribution in [0.15, 0.2) is 61.2 Å². The molecule has 0 unspecified atom stereocenters. The minimum atomic E-state index is 0.160. The summed E-state index contributed by atoms with van der Waals surface area (Å²) >= 11 is 0. The molecule has 1 radical (unpaired) electrons. The van der Waals surface area contributed by atoms with Gasteiger partial charge >= 0.3 is 0 Å². The summed E-state index contributed by atoms with van der Waals surface area (Å²) in [5, 5.41) is 0. The summed E-state index contributed by atoms with van der Waals surface area (Å²) in [7, 11) is 0. The third-order valence-electron chi connectivity index (χ3n) is 7.53. The van der Waals surface area contributed by atoms with E-state index in [4.69, 9.17) is 4.74 Å². The molecule has 1 aliphatic carbocycles. The molecule has 0 spiro atoms. The van der Waals surface area contributed by atoms with E-state index in [9.17, 15) is 0 Å². The van der Waals surface area contributed by atoms with Crippen LogP contribution in [0.25, 0.3) is 0 Å². The molecule has 1 fully saturated rings. The van der Waals surface area contributed by atoms with Crippen LogP contribution in [0.4, 0.5) is 0 Å². The van der Waals surface area contributed by atoms with E-state index in [2.05, 4.69) is 88.4 Å². The lowest BCUT2D eigenvalue weighted by Gasteiger charge is -2.30. The van der Waals surface area contributed by atoms with Crippen molar-refractivity contribution in [2.45, 2.75) is 103 Å². The molecule has 2 atom stereocenters. The van der Waals surface area contributed by atoms with Crippen molar-refractivity contribution in [3.05, 3.63) is 84.3 Å². The predicted molar refractivity (Wildman–Crippen MR) is 143 cm³/mol. The lowest BCUT2D eigenvalue weighted by Crippen LogP contribution is -2.18. The van der Waals surface area contributed by atoms with Crippen molar-refractivity contribution < 1.29 is 4.74 Å². The molecule has 179 valence electrons. The first-order chi connectivity index (χ1) is 16.0. The topological polar surface area (TPSA) is 9.23 Å².